The van der Waals surface area contributed by atoms with Crippen LogP contribution in [0, 0.1) is 10.1 Å². The molecule has 1 aromatic heterocycles. The smallest absolute Gasteiger partial charge is 0.329 e. The summed E-state index contributed by atoms with van der Waals surface area (Å²) in [5.41, 5.74) is 2.07. The first-order valence-electron chi connectivity index (χ1n) is 4.83. The number of hydrogen-bond donors (Lipinski definition) is 3. The number of hydrazine groups is 1. The molecule has 1 rings (SSSR count). The van der Waals surface area contributed by atoms with Crippen molar-refractivity contribution >= 4 is 17.5 Å². The van der Waals surface area contributed by atoms with Crippen LogP contribution in [-0.2, 0) is 0 Å². The second-order valence-electron chi connectivity index (χ2n) is 3.28. The average Bonchev–Trinajstić information content (AvgIpc) is 2.28. The average molecular weight is 226 g/mol. The van der Waals surface area contributed by atoms with Gasteiger partial charge in [0.2, 0.25) is 11.8 Å². The third kappa shape index (κ3) is 2.76. The van der Waals surface area contributed by atoms with Gasteiger partial charge in [-0.15, -0.1) is 0 Å². The molecule has 0 aliphatic rings. The zero-order valence-corrected chi connectivity index (χ0v) is 9.10. The number of nitrogen functional groups attached to an aromatic ring is 1. The van der Waals surface area contributed by atoms with Crippen LogP contribution in [0.4, 0.5) is 17.5 Å². The molecule has 8 heteroatoms. The fourth-order valence-corrected chi connectivity index (χ4v) is 1.02. The summed E-state index contributed by atoms with van der Waals surface area (Å²) in [4.78, 5) is 17.8. The number of nitrogens with zero attached hydrogens (tertiary/aromatic N) is 3. The lowest BCUT2D eigenvalue weighted by Gasteiger charge is -2.12. The van der Waals surface area contributed by atoms with Gasteiger partial charge in [-0.2, -0.15) is 4.98 Å². The Morgan fingerprint density at radius 3 is 2.88 bits per heavy atom. The van der Waals surface area contributed by atoms with E-state index in [1.165, 1.54) is 0 Å². The third-order valence-electron chi connectivity index (χ3n) is 2.09. The monoisotopic (exact) mass is 226 g/mol. The van der Waals surface area contributed by atoms with Crippen LogP contribution in [0.5, 0.6) is 0 Å². The van der Waals surface area contributed by atoms with Gasteiger partial charge >= 0.3 is 5.69 Å². The maximum absolute atomic E-state index is 10.7. The molecule has 1 atom stereocenters. The quantitative estimate of drug-likeness (QED) is 0.387. The highest BCUT2D eigenvalue weighted by atomic mass is 16.6. The van der Waals surface area contributed by atoms with Gasteiger partial charge in [0.25, 0.3) is 0 Å². The number of nitrogens with two attached hydrogens (primary N) is 1. The van der Waals surface area contributed by atoms with Crippen LogP contribution >= 0.6 is 0 Å². The summed E-state index contributed by atoms with van der Waals surface area (Å²) >= 11 is 0. The van der Waals surface area contributed by atoms with Crippen LogP contribution in [0.1, 0.15) is 20.3 Å². The molecule has 1 heterocycles. The van der Waals surface area contributed by atoms with Gasteiger partial charge < -0.3 is 5.32 Å². The van der Waals surface area contributed by atoms with Gasteiger partial charge in [0, 0.05) is 6.04 Å². The van der Waals surface area contributed by atoms with Crippen LogP contribution in [-0.4, -0.2) is 20.9 Å². The van der Waals surface area contributed by atoms with E-state index in [1.54, 1.807) is 0 Å². The fourth-order valence-electron chi connectivity index (χ4n) is 1.02. The van der Waals surface area contributed by atoms with E-state index in [2.05, 4.69) is 20.7 Å². The lowest BCUT2D eigenvalue weighted by Crippen LogP contribution is -2.18. The molecule has 0 spiro atoms. The Morgan fingerprint density at radius 1 is 1.69 bits per heavy atom. The second-order valence-corrected chi connectivity index (χ2v) is 3.28. The standard InChI is InChI=1S/C8H14N6O2/c1-3-5(2)11-7-6(14(15)16)4-10-8(12-7)13-9/h4-5H,3,9H2,1-2H3,(H2,10,11,12,13). The molecule has 88 valence electrons. The molecular formula is C8H14N6O2. The first-order chi connectivity index (χ1) is 7.58. The molecule has 0 saturated carbocycles. The predicted molar refractivity (Wildman–Crippen MR) is 59.9 cm³/mol. The van der Waals surface area contributed by atoms with E-state index in [4.69, 9.17) is 5.84 Å². The molecule has 0 aromatic carbocycles. The van der Waals surface area contributed by atoms with Crippen molar-refractivity contribution in [3.8, 4) is 0 Å². The van der Waals surface area contributed by atoms with Crippen molar-refractivity contribution in [1.82, 2.24) is 9.97 Å². The molecular weight excluding hydrogens is 212 g/mol. The molecule has 0 radical (unpaired) electrons. The number of nitrogens with one attached hydrogen (secondary N) is 2. The van der Waals surface area contributed by atoms with E-state index in [0.29, 0.717) is 0 Å². The van der Waals surface area contributed by atoms with Gasteiger partial charge in [-0.1, -0.05) is 6.92 Å². The third-order valence-corrected chi connectivity index (χ3v) is 2.09. The van der Waals surface area contributed by atoms with E-state index in [9.17, 15) is 10.1 Å². The maximum Gasteiger partial charge on any atom is 0.329 e. The van der Waals surface area contributed by atoms with Gasteiger partial charge in [0.1, 0.15) is 6.20 Å². The van der Waals surface area contributed by atoms with Crippen LogP contribution in [0.3, 0.4) is 0 Å². The Kier molecular flexibility index (Phi) is 3.95. The molecule has 8 nitrogen and oxygen atoms in total. The van der Waals surface area contributed by atoms with Gasteiger partial charge in [0.15, 0.2) is 0 Å². The summed E-state index contributed by atoms with van der Waals surface area (Å²) in [5, 5.41) is 13.7. The molecule has 0 aliphatic heterocycles. The largest absolute Gasteiger partial charge is 0.362 e. The van der Waals surface area contributed by atoms with Crippen molar-refractivity contribution in [1.29, 1.82) is 0 Å². The summed E-state index contributed by atoms with van der Waals surface area (Å²) in [7, 11) is 0. The number of anilines is 2. The minimum absolute atomic E-state index is 0.0826. The lowest BCUT2D eigenvalue weighted by atomic mass is 10.2. The number of rotatable bonds is 5. The Balaban J connectivity index is 3.05. The first kappa shape index (κ1) is 12.1. The normalized spacial score (nSPS) is 11.9. The second kappa shape index (κ2) is 5.21. The summed E-state index contributed by atoms with van der Waals surface area (Å²) in [6.07, 6.45) is 1.94. The molecule has 1 aromatic rings. The van der Waals surface area contributed by atoms with Crippen LogP contribution in [0.25, 0.3) is 0 Å². The summed E-state index contributed by atoms with van der Waals surface area (Å²) in [6, 6.07) is 0.0826. The Hall–Kier alpha value is -1.96. The number of hydrogen-bond acceptors (Lipinski definition) is 7. The Labute approximate surface area is 92.4 Å². The Bertz CT molecular complexity index is 383. The van der Waals surface area contributed by atoms with Gasteiger partial charge in [-0.3, -0.25) is 15.5 Å². The topological polar surface area (TPSA) is 119 Å². The summed E-state index contributed by atoms with van der Waals surface area (Å²) in [5.74, 6) is 5.44. The van der Waals surface area contributed by atoms with Crippen molar-refractivity contribution < 1.29 is 4.92 Å². The van der Waals surface area contributed by atoms with Crippen LogP contribution < -0.4 is 16.6 Å². The highest BCUT2D eigenvalue weighted by Gasteiger charge is 2.18. The van der Waals surface area contributed by atoms with Gasteiger partial charge in [-0.25, -0.2) is 10.8 Å². The molecule has 16 heavy (non-hydrogen) atoms. The van der Waals surface area contributed by atoms with Gasteiger partial charge in [-0.05, 0) is 13.3 Å². The minimum atomic E-state index is -0.537. The lowest BCUT2D eigenvalue weighted by molar-refractivity contribution is -0.384. The molecule has 1 unspecified atom stereocenters. The van der Waals surface area contributed by atoms with E-state index in [-0.39, 0.29) is 23.5 Å². The van der Waals surface area contributed by atoms with E-state index in [0.717, 1.165) is 12.6 Å². The van der Waals surface area contributed by atoms with Gasteiger partial charge in [0.05, 0.1) is 4.92 Å². The maximum atomic E-state index is 10.7. The molecule has 0 fully saturated rings. The van der Waals surface area contributed by atoms with E-state index >= 15 is 0 Å². The van der Waals surface area contributed by atoms with Crippen molar-refractivity contribution in [2.45, 2.75) is 26.3 Å². The highest BCUT2D eigenvalue weighted by Crippen LogP contribution is 2.22. The van der Waals surface area contributed by atoms with Crippen LogP contribution in [0.2, 0.25) is 0 Å². The van der Waals surface area contributed by atoms with Crippen molar-refractivity contribution in [3.63, 3.8) is 0 Å². The summed E-state index contributed by atoms with van der Waals surface area (Å²) in [6.45, 7) is 3.87. The van der Waals surface area contributed by atoms with E-state index < -0.39 is 4.92 Å². The SMILES string of the molecule is CCC(C)Nc1nc(NN)ncc1[N+](=O)[O-]. The summed E-state index contributed by atoms with van der Waals surface area (Å²) < 4.78 is 0. The number of aromatic nitrogens is 2. The molecule has 0 aliphatic carbocycles. The zero-order chi connectivity index (χ0) is 12.1. The van der Waals surface area contributed by atoms with Crippen molar-refractivity contribution in [3.05, 3.63) is 16.3 Å². The zero-order valence-electron chi connectivity index (χ0n) is 9.10. The predicted octanol–water partition coefficient (Wildman–Crippen LogP) is 0.881. The first-order valence-corrected chi connectivity index (χ1v) is 4.83. The number of nitro groups is 1. The van der Waals surface area contributed by atoms with Crippen molar-refractivity contribution in [2.75, 3.05) is 10.7 Å². The van der Waals surface area contributed by atoms with E-state index in [1.807, 2.05) is 13.8 Å². The molecule has 0 saturated heterocycles. The Morgan fingerprint density at radius 2 is 2.38 bits per heavy atom. The van der Waals surface area contributed by atoms with Crippen LogP contribution in [0.15, 0.2) is 6.20 Å². The fraction of sp³-hybridized carbons (Fsp3) is 0.500. The minimum Gasteiger partial charge on any atom is -0.362 e. The van der Waals surface area contributed by atoms with Crippen molar-refractivity contribution in [2.24, 2.45) is 5.84 Å². The molecule has 4 N–H and O–H groups in total. The molecule has 0 bridgehead atoms. The molecule has 0 amide bonds. The highest BCUT2D eigenvalue weighted by molar-refractivity contribution is 5.57.